The summed E-state index contributed by atoms with van der Waals surface area (Å²) in [7, 11) is 1.63. The number of carboxylic acids is 1. The van der Waals surface area contributed by atoms with Gasteiger partial charge in [0.2, 0.25) is 0 Å². The average Bonchev–Trinajstić information content (AvgIpc) is 3.09. The van der Waals surface area contributed by atoms with Crippen molar-refractivity contribution in [3.8, 4) is 5.75 Å². The van der Waals surface area contributed by atoms with Gasteiger partial charge in [-0.3, -0.25) is 4.79 Å². The van der Waals surface area contributed by atoms with Crippen molar-refractivity contribution in [3.05, 3.63) is 28.8 Å². The summed E-state index contributed by atoms with van der Waals surface area (Å²) in [6.45, 7) is 2.09. The van der Waals surface area contributed by atoms with Gasteiger partial charge < -0.3 is 9.84 Å². The van der Waals surface area contributed by atoms with E-state index in [1.54, 1.807) is 13.2 Å². The van der Waals surface area contributed by atoms with Gasteiger partial charge in [-0.05, 0) is 48.4 Å². The van der Waals surface area contributed by atoms with Gasteiger partial charge in [-0.25, -0.2) is 0 Å². The van der Waals surface area contributed by atoms with E-state index >= 15 is 0 Å². The van der Waals surface area contributed by atoms with Crippen LogP contribution in [0.4, 0.5) is 0 Å². The molecule has 1 aromatic carbocycles. The lowest BCUT2D eigenvalue weighted by atomic mass is 9.95. The molecule has 0 spiro atoms. The number of ether oxygens (including phenoxy) is 1. The fourth-order valence-electron chi connectivity index (χ4n) is 2.53. The normalized spacial score (nSPS) is 23.5. The van der Waals surface area contributed by atoms with E-state index in [1.165, 1.54) is 0 Å². The van der Waals surface area contributed by atoms with Gasteiger partial charge in [0.1, 0.15) is 5.75 Å². The van der Waals surface area contributed by atoms with E-state index < -0.39 is 5.97 Å². The van der Waals surface area contributed by atoms with E-state index in [0.717, 1.165) is 24.2 Å². The first-order valence-corrected chi connectivity index (χ1v) is 6.46. The molecule has 0 bridgehead atoms. The number of rotatable bonds is 5. The highest BCUT2D eigenvalue weighted by molar-refractivity contribution is 6.30. The Labute approximate surface area is 112 Å². The van der Waals surface area contributed by atoms with Gasteiger partial charge >= 0.3 is 5.97 Å². The number of benzene rings is 1. The summed E-state index contributed by atoms with van der Waals surface area (Å²) in [5.74, 6) is 0.596. The van der Waals surface area contributed by atoms with Crippen molar-refractivity contribution in [1.82, 2.24) is 0 Å². The Morgan fingerprint density at radius 3 is 2.89 bits per heavy atom. The zero-order chi connectivity index (χ0) is 13.3. The second kappa shape index (κ2) is 5.19. The summed E-state index contributed by atoms with van der Waals surface area (Å²) in [5, 5.41) is 9.62. The average molecular weight is 269 g/mol. The molecule has 0 amide bonds. The molecule has 3 nitrogen and oxygen atoms in total. The molecular weight excluding hydrogens is 252 g/mol. The number of carboxylic acid groups (broad SMARTS) is 1. The SMILES string of the molecule is COc1ccc(Cl)cc1CC(C)C1CC1C(=O)O. The molecule has 0 aliphatic heterocycles. The van der Waals surface area contributed by atoms with E-state index in [4.69, 9.17) is 21.4 Å². The van der Waals surface area contributed by atoms with Crippen molar-refractivity contribution < 1.29 is 14.6 Å². The quantitative estimate of drug-likeness (QED) is 0.892. The molecule has 1 fully saturated rings. The number of hydrogen-bond donors (Lipinski definition) is 1. The molecule has 0 heterocycles. The molecule has 0 aromatic heterocycles. The molecule has 1 aliphatic rings. The fraction of sp³-hybridized carbons (Fsp3) is 0.500. The van der Waals surface area contributed by atoms with Crippen LogP contribution in [0.5, 0.6) is 5.75 Å². The van der Waals surface area contributed by atoms with Gasteiger partial charge in [-0.15, -0.1) is 0 Å². The van der Waals surface area contributed by atoms with E-state index in [1.807, 2.05) is 12.1 Å². The first-order valence-electron chi connectivity index (χ1n) is 6.08. The highest BCUT2D eigenvalue weighted by atomic mass is 35.5. The number of methoxy groups -OCH3 is 1. The summed E-state index contributed by atoms with van der Waals surface area (Å²) < 4.78 is 5.30. The van der Waals surface area contributed by atoms with Crippen LogP contribution < -0.4 is 4.74 Å². The summed E-state index contributed by atoms with van der Waals surface area (Å²) >= 11 is 5.98. The Kier molecular flexibility index (Phi) is 3.81. The number of hydrogen-bond acceptors (Lipinski definition) is 2. The van der Waals surface area contributed by atoms with Crippen LogP contribution in [0.15, 0.2) is 18.2 Å². The van der Waals surface area contributed by atoms with Gasteiger partial charge in [-0.2, -0.15) is 0 Å². The van der Waals surface area contributed by atoms with Gasteiger partial charge in [0.25, 0.3) is 0 Å². The van der Waals surface area contributed by atoms with Crippen molar-refractivity contribution in [1.29, 1.82) is 0 Å². The maximum atomic E-state index is 10.9. The molecule has 0 saturated heterocycles. The second-order valence-electron chi connectivity index (χ2n) is 4.98. The predicted molar refractivity (Wildman–Crippen MR) is 70.1 cm³/mol. The monoisotopic (exact) mass is 268 g/mol. The number of aliphatic carboxylic acids is 1. The minimum absolute atomic E-state index is 0.162. The molecule has 98 valence electrons. The van der Waals surface area contributed by atoms with Crippen LogP contribution in [-0.4, -0.2) is 18.2 Å². The van der Waals surface area contributed by atoms with Gasteiger partial charge in [0.05, 0.1) is 13.0 Å². The molecule has 3 unspecified atom stereocenters. The lowest BCUT2D eigenvalue weighted by Crippen LogP contribution is -2.09. The van der Waals surface area contributed by atoms with Crippen LogP contribution >= 0.6 is 11.6 Å². The third kappa shape index (κ3) is 2.78. The van der Waals surface area contributed by atoms with Gasteiger partial charge in [-0.1, -0.05) is 18.5 Å². The maximum absolute atomic E-state index is 10.9. The Morgan fingerprint density at radius 2 is 2.33 bits per heavy atom. The minimum atomic E-state index is -0.676. The summed E-state index contributed by atoms with van der Waals surface area (Å²) in [5.41, 5.74) is 1.05. The summed E-state index contributed by atoms with van der Waals surface area (Å²) in [6, 6.07) is 5.55. The van der Waals surface area contributed by atoms with E-state index in [-0.39, 0.29) is 11.8 Å². The van der Waals surface area contributed by atoms with Crippen LogP contribution in [0.3, 0.4) is 0 Å². The van der Waals surface area contributed by atoms with Crippen molar-refractivity contribution in [2.45, 2.75) is 19.8 Å². The van der Waals surface area contributed by atoms with Crippen molar-refractivity contribution in [2.24, 2.45) is 17.8 Å². The molecule has 4 heteroatoms. The van der Waals surface area contributed by atoms with Crippen molar-refractivity contribution >= 4 is 17.6 Å². The predicted octanol–water partition coefficient (Wildman–Crippen LogP) is 3.25. The molecule has 1 aromatic rings. The zero-order valence-electron chi connectivity index (χ0n) is 10.5. The Hall–Kier alpha value is -1.22. The fourth-order valence-corrected chi connectivity index (χ4v) is 2.73. The summed E-state index contributed by atoms with van der Waals surface area (Å²) in [4.78, 5) is 10.9. The number of carbonyl (C=O) groups is 1. The zero-order valence-corrected chi connectivity index (χ0v) is 11.3. The maximum Gasteiger partial charge on any atom is 0.306 e. The minimum Gasteiger partial charge on any atom is -0.496 e. The third-order valence-corrected chi connectivity index (χ3v) is 3.91. The number of halogens is 1. The highest BCUT2D eigenvalue weighted by Gasteiger charge is 2.46. The lowest BCUT2D eigenvalue weighted by Gasteiger charge is -2.14. The Bertz CT molecular complexity index is 458. The molecule has 2 rings (SSSR count). The van der Waals surface area contributed by atoms with E-state index in [0.29, 0.717) is 10.9 Å². The van der Waals surface area contributed by atoms with Gasteiger partial charge in [0, 0.05) is 5.02 Å². The molecule has 3 atom stereocenters. The molecule has 18 heavy (non-hydrogen) atoms. The van der Waals surface area contributed by atoms with Crippen LogP contribution in [0.2, 0.25) is 5.02 Å². The van der Waals surface area contributed by atoms with Crippen LogP contribution in [0.1, 0.15) is 18.9 Å². The standard InChI is InChI=1S/C14H17ClO3/c1-8(11-7-12(11)14(16)17)5-9-6-10(15)3-4-13(9)18-2/h3-4,6,8,11-12H,5,7H2,1-2H3,(H,16,17). The molecule has 0 radical (unpaired) electrons. The highest BCUT2D eigenvalue weighted by Crippen LogP contribution is 2.46. The third-order valence-electron chi connectivity index (χ3n) is 3.67. The second-order valence-corrected chi connectivity index (χ2v) is 5.42. The van der Waals surface area contributed by atoms with E-state index in [2.05, 4.69) is 6.92 Å². The molecule has 1 N–H and O–H groups in total. The summed E-state index contributed by atoms with van der Waals surface area (Å²) in [6.07, 6.45) is 1.59. The first kappa shape index (κ1) is 13.2. The Morgan fingerprint density at radius 1 is 1.61 bits per heavy atom. The van der Waals surface area contributed by atoms with Crippen molar-refractivity contribution in [3.63, 3.8) is 0 Å². The van der Waals surface area contributed by atoms with E-state index in [9.17, 15) is 4.79 Å². The largest absolute Gasteiger partial charge is 0.496 e. The molecule has 1 saturated carbocycles. The molecule has 1 aliphatic carbocycles. The van der Waals surface area contributed by atoms with Crippen LogP contribution in [-0.2, 0) is 11.2 Å². The van der Waals surface area contributed by atoms with Crippen molar-refractivity contribution in [2.75, 3.05) is 7.11 Å². The van der Waals surface area contributed by atoms with Crippen LogP contribution in [0, 0.1) is 17.8 Å². The van der Waals surface area contributed by atoms with Gasteiger partial charge in [0.15, 0.2) is 0 Å². The first-order chi connectivity index (χ1) is 8.52. The van der Waals surface area contributed by atoms with Crippen LogP contribution in [0.25, 0.3) is 0 Å². The molecular formula is C14H17ClO3. The Balaban J connectivity index is 2.05. The topological polar surface area (TPSA) is 46.5 Å². The smallest absolute Gasteiger partial charge is 0.306 e. The lowest BCUT2D eigenvalue weighted by molar-refractivity contribution is -0.139.